The van der Waals surface area contributed by atoms with Crippen molar-refractivity contribution in [1.82, 2.24) is 29.9 Å². The Morgan fingerprint density at radius 3 is 1.37 bits per heavy atom. The largest absolute Gasteiger partial charge is 0.338 e. The molecule has 6 aromatic rings. The zero-order valence-corrected chi connectivity index (χ0v) is 15.9. The lowest BCUT2D eigenvalue weighted by Crippen LogP contribution is -1.90. The average Bonchev–Trinajstić information content (AvgIpc) is 3.44. The number of nitrogens with one attached hydrogen (secondary N) is 2. The van der Waals surface area contributed by atoms with Crippen molar-refractivity contribution in [3.63, 3.8) is 0 Å². The van der Waals surface area contributed by atoms with E-state index in [2.05, 4.69) is 29.9 Å². The molecule has 0 saturated carbocycles. The van der Waals surface area contributed by atoms with Crippen molar-refractivity contribution in [2.75, 3.05) is 0 Å². The second-order valence-electron chi connectivity index (χ2n) is 7.07. The lowest BCUT2D eigenvalue weighted by atomic mass is 10.2. The Labute approximate surface area is 171 Å². The molecule has 0 saturated heterocycles. The highest BCUT2D eigenvalue weighted by molar-refractivity contribution is 5.80. The van der Waals surface area contributed by atoms with E-state index < -0.39 is 0 Å². The third kappa shape index (κ3) is 2.82. The maximum atomic E-state index is 4.63. The first-order chi connectivity index (χ1) is 14.8. The minimum Gasteiger partial charge on any atom is -0.338 e. The number of imidazole rings is 2. The molecule has 0 aliphatic heterocycles. The van der Waals surface area contributed by atoms with Crippen LogP contribution in [-0.2, 0) is 0 Å². The summed E-state index contributed by atoms with van der Waals surface area (Å²) >= 11 is 0. The second-order valence-corrected chi connectivity index (χ2v) is 7.07. The van der Waals surface area contributed by atoms with Gasteiger partial charge in [-0.2, -0.15) is 0 Å². The molecular formula is C24H16N6. The van der Waals surface area contributed by atoms with Gasteiger partial charge in [0.2, 0.25) is 0 Å². The Balaban J connectivity index is 1.28. The number of hydrogen-bond acceptors (Lipinski definition) is 4. The normalized spacial score (nSPS) is 11.3. The molecule has 6 heteroatoms. The molecule has 2 aromatic carbocycles. The van der Waals surface area contributed by atoms with Crippen LogP contribution < -0.4 is 0 Å². The molecule has 142 valence electrons. The minimum absolute atomic E-state index is 0.809. The van der Waals surface area contributed by atoms with Crippen LogP contribution in [0.5, 0.6) is 0 Å². The fourth-order valence-electron chi connectivity index (χ4n) is 3.55. The fraction of sp³-hybridized carbons (Fsp3) is 0. The zero-order valence-electron chi connectivity index (χ0n) is 15.9. The average molecular weight is 388 g/mol. The summed E-state index contributed by atoms with van der Waals surface area (Å²) in [6.07, 6.45) is 3.64. The molecule has 0 amide bonds. The van der Waals surface area contributed by atoms with Crippen molar-refractivity contribution in [2.45, 2.75) is 0 Å². The number of hydrogen-bond donors (Lipinski definition) is 2. The molecule has 6 nitrogen and oxygen atoms in total. The van der Waals surface area contributed by atoms with Crippen LogP contribution in [0, 0.1) is 0 Å². The number of H-pyrrole nitrogens is 2. The number of fused-ring (bicyclic) bond motifs is 2. The molecule has 4 heterocycles. The standard InChI is InChI=1S/C24H16N6/c1-2-6-20-19(5-1)27-23(28-20)15-9-11-17(25-13-15)18-12-10-16(14-26-18)24-29-21-7-3-4-8-22(21)30-24/h1-14H,(H,27,28)(H,29,30). The van der Waals surface area contributed by atoms with Gasteiger partial charge < -0.3 is 9.97 Å². The van der Waals surface area contributed by atoms with Gasteiger partial charge in [-0.1, -0.05) is 24.3 Å². The number of para-hydroxylation sites is 4. The van der Waals surface area contributed by atoms with Crippen molar-refractivity contribution in [1.29, 1.82) is 0 Å². The van der Waals surface area contributed by atoms with Gasteiger partial charge in [0.15, 0.2) is 0 Å². The number of aromatic amines is 2. The van der Waals surface area contributed by atoms with E-state index in [9.17, 15) is 0 Å². The zero-order chi connectivity index (χ0) is 19.9. The Bertz CT molecular complexity index is 1290. The maximum absolute atomic E-state index is 4.63. The van der Waals surface area contributed by atoms with E-state index in [-0.39, 0.29) is 0 Å². The van der Waals surface area contributed by atoms with Gasteiger partial charge in [-0.3, -0.25) is 9.97 Å². The number of aromatic nitrogens is 6. The second kappa shape index (κ2) is 6.63. The van der Waals surface area contributed by atoms with Crippen molar-refractivity contribution < 1.29 is 0 Å². The summed E-state index contributed by atoms with van der Waals surface area (Å²) in [5, 5.41) is 0. The Hall–Kier alpha value is -4.32. The third-order valence-corrected chi connectivity index (χ3v) is 5.12. The summed E-state index contributed by atoms with van der Waals surface area (Å²) < 4.78 is 0. The molecule has 0 fully saturated rings. The highest BCUT2D eigenvalue weighted by Gasteiger charge is 2.09. The molecule has 0 spiro atoms. The van der Waals surface area contributed by atoms with Gasteiger partial charge in [0.05, 0.1) is 33.5 Å². The summed E-state index contributed by atoms with van der Waals surface area (Å²) in [5.41, 5.74) is 7.41. The van der Waals surface area contributed by atoms with Crippen molar-refractivity contribution in [3.05, 3.63) is 85.2 Å². The van der Waals surface area contributed by atoms with Gasteiger partial charge in [0.25, 0.3) is 0 Å². The highest BCUT2D eigenvalue weighted by atomic mass is 14.9. The number of pyridine rings is 2. The first-order valence-electron chi connectivity index (χ1n) is 9.66. The summed E-state index contributed by atoms with van der Waals surface area (Å²) in [4.78, 5) is 25.1. The Kier molecular flexibility index (Phi) is 3.67. The molecular weight excluding hydrogens is 372 g/mol. The molecule has 0 bridgehead atoms. The van der Waals surface area contributed by atoms with Gasteiger partial charge in [0, 0.05) is 23.5 Å². The first-order valence-corrected chi connectivity index (χ1v) is 9.66. The number of rotatable bonds is 3. The van der Waals surface area contributed by atoms with Gasteiger partial charge in [-0.25, -0.2) is 9.97 Å². The molecule has 2 N–H and O–H groups in total. The predicted molar refractivity (Wildman–Crippen MR) is 118 cm³/mol. The van der Waals surface area contributed by atoms with E-state index in [1.807, 2.05) is 85.2 Å². The van der Waals surface area contributed by atoms with E-state index in [1.54, 1.807) is 0 Å². The smallest absolute Gasteiger partial charge is 0.140 e. The van der Waals surface area contributed by atoms with Gasteiger partial charge in [-0.15, -0.1) is 0 Å². The van der Waals surface area contributed by atoms with Crippen LogP contribution in [-0.4, -0.2) is 29.9 Å². The number of nitrogens with zero attached hydrogens (tertiary/aromatic N) is 4. The van der Waals surface area contributed by atoms with Crippen LogP contribution in [0.1, 0.15) is 0 Å². The molecule has 4 aromatic heterocycles. The van der Waals surface area contributed by atoms with Crippen LogP contribution in [0.2, 0.25) is 0 Å². The van der Waals surface area contributed by atoms with E-state index in [0.717, 1.165) is 56.2 Å². The highest BCUT2D eigenvalue weighted by Crippen LogP contribution is 2.24. The quantitative estimate of drug-likeness (QED) is 0.435. The van der Waals surface area contributed by atoms with Gasteiger partial charge in [0.1, 0.15) is 11.6 Å². The monoisotopic (exact) mass is 388 g/mol. The summed E-state index contributed by atoms with van der Waals surface area (Å²) in [6, 6.07) is 23.9. The van der Waals surface area contributed by atoms with Crippen LogP contribution in [0.25, 0.3) is 56.2 Å². The van der Waals surface area contributed by atoms with Crippen LogP contribution in [0.3, 0.4) is 0 Å². The number of benzene rings is 2. The van der Waals surface area contributed by atoms with Crippen molar-refractivity contribution >= 4 is 22.1 Å². The van der Waals surface area contributed by atoms with Crippen LogP contribution in [0.15, 0.2) is 85.2 Å². The lowest BCUT2D eigenvalue weighted by Gasteiger charge is -2.03. The van der Waals surface area contributed by atoms with Gasteiger partial charge >= 0.3 is 0 Å². The topological polar surface area (TPSA) is 83.1 Å². The molecule has 0 radical (unpaired) electrons. The van der Waals surface area contributed by atoms with Crippen molar-refractivity contribution in [2.24, 2.45) is 0 Å². The molecule has 0 unspecified atom stereocenters. The fourth-order valence-corrected chi connectivity index (χ4v) is 3.55. The summed E-state index contributed by atoms with van der Waals surface area (Å²) in [5.74, 6) is 1.62. The minimum atomic E-state index is 0.809. The SMILES string of the molecule is c1ccc2[nH]c(-c3ccc(-c4ccc(-c5nc6ccccc6[nH]5)cn4)nc3)nc2c1. The molecule has 30 heavy (non-hydrogen) atoms. The summed E-state index contributed by atoms with van der Waals surface area (Å²) in [7, 11) is 0. The molecule has 0 atom stereocenters. The van der Waals surface area contributed by atoms with E-state index in [4.69, 9.17) is 0 Å². The van der Waals surface area contributed by atoms with Crippen molar-refractivity contribution in [3.8, 4) is 34.2 Å². The molecule has 0 aliphatic rings. The summed E-state index contributed by atoms with van der Waals surface area (Å²) in [6.45, 7) is 0. The Morgan fingerprint density at radius 2 is 0.967 bits per heavy atom. The van der Waals surface area contributed by atoms with E-state index in [0.29, 0.717) is 0 Å². The maximum Gasteiger partial charge on any atom is 0.140 e. The lowest BCUT2D eigenvalue weighted by molar-refractivity contribution is 1.22. The molecule has 0 aliphatic carbocycles. The van der Waals surface area contributed by atoms with Gasteiger partial charge in [-0.05, 0) is 48.5 Å². The van der Waals surface area contributed by atoms with E-state index in [1.165, 1.54) is 0 Å². The Morgan fingerprint density at radius 1 is 0.500 bits per heavy atom. The third-order valence-electron chi connectivity index (χ3n) is 5.12. The van der Waals surface area contributed by atoms with E-state index >= 15 is 0 Å². The first kappa shape index (κ1) is 16.6. The van der Waals surface area contributed by atoms with Crippen LogP contribution in [0.4, 0.5) is 0 Å². The molecule has 6 rings (SSSR count). The van der Waals surface area contributed by atoms with Crippen LogP contribution >= 0.6 is 0 Å². The predicted octanol–water partition coefficient (Wildman–Crippen LogP) is 5.23.